The molecule has 1 atom stereocenters. The van der Waals surface area contributed by atoms with Gasteiger partial charge in [0.2, 0.25) is 0 Å². The first kappa shape index (κ1) is 11.3. The van der Waals surface area contributed by atoms with Crippen molar-refractivity contribution in [2.45, 2.75) is 26.1 Å². The molecule has 3 nitrogen and oxygen atoms in total. The Morgan fingerprint density at radius 1 is 1.50 bits per heavy atom. The summed E-state index contributed by atoms with van der Waals surface area (Å²) in [6, 6.07) is -0.573. The minimum atomic E-state index is -4.82. The Labute approximate surface area is 79.6 Å². The van der Waals surface area contributed by atoms with Crippen molar-refractivity contribution in [3.63, 3.8) is 0 Å². The molecule has 1 saturated heterocycles. The Balaban J connectivity index is 2.57. The van der Waals surface area contributed by atoms with Crippen molar-refractivity contribution in [1.82, 2.24) is 5.32 Å². The fourth-order valence-corrected chi connectivity index (χ4v) is 1.24. The van der Waals surface area contributed by atoms with E-state index in [1.807, 2.05) is 5.32 Å². The van der Waals surface area contributed by atoms with E-state index in [-0.39, 0.29) is 6.61 Å². The molecular weight excluding hydrogens is 199 g/mol. The lowest BCUT2D eigenvalue weighted by Gasteiger charge is -2.25. The van der Waals surface area contributed by atoms with Crippen LogP contribution < -0.4 is 5.32 Å². The summed E-state index contributed by atoms with van der Waals surface area (Å²) in [4.78, 5) is 10.6. The zero-order valence-electron chi connectivity index (χ0n) is 7.94. The Morgan fingerprint density at radius 2 is 2.07 bits per heavy atom. The molecule has 0 aromatic rings. The molecule has 0 spiro atoms. The summed E-state index contributed by atoms with van der Waals surface area (Å²) in [7, 11) is 0. The summed E-state index contributed by atoms with van der Waals surface area (Å²) < 4.78 is 40.7. The molecule has 1 amide bonds. The van der Waals surface area contributed by atoms with Gasteiger partial charge in [0.25, 0.3) is 0 Å². The largest absolute Gasteiger partial charge is 0.471 e. The summed E-state index contributed by atoms with van der Waals surface area (Å²) in [5.74, 6) is -1.90. The fourth-order valence-electron chi connectivity index (χ4n) is 1.24. The van der Waals surface area contributed by atoms with Crippen LogP contribution in [0.15, 0.2) is 0 Å². The van der Waals surface area contributed by atoms with E-state index in [1.165, 1.54) is 0 Å². The van der Waals surface area contributed by atoms with E-state index in [4.69, 9.17) is 4.74 Å². The Kier molecular flexibility index (Phi) is 2.76. The topological polar surface area (TPSA) is 38.3 Å². The van der Waals surface area contributed by atoms with Crippen LogP contribution in [-0.2, 0) is 9.53 Å². The number of halogens is 3. The molecule has 82 valence electrons. The number of carbonyl (C=O) groups excluding carboxylic acids is 1. The van der Waals surface area contributed by atoms with Crippen molar-refractivity contribution in [2.75, 3.05) is 13.2 Å². The van der Waals surface area contributed by atoms with E-state index in [9.17, 15) is 18.0 Å². The third-order valence-corrected chi connectivity index (χ3v) is 2.26. The summed E-state index contributed by atoms with van der Waals surface area (Å²) in [6.07, 6.45) is -4.82. The predicted octanol–water partition coefficient (Wildman–Crippen LogP) is 1.09. The van der Waals surface area contributed by atoms with Gasteiger partial charge >= 0.3 is 12.1 Å². The molecule has 1 rings (SSSR count). The quantitative estimate of drug-likeness (QED) is 0.705. The van der Waals surface area contributed by atoms with Crippen LogP contribution in [-0.4, -0.2) is 31.3 Å². The SMILES string of the molecule is CC1(C)COCC1NC(=O)C(F)(F)F. The smallest absolute Gasteiger partial charge is 0.379 e. The maximum absolute atomic E-state index is 11.9. The highest BCUT2D eigenvalue weighted by atomic mass is 19.4. The number of nitrogens with one attached hydrogen (secondary N) is 1. The van der Waals surface area contributed by atoms with Gasteiger partial charge in [0.1, 0.15) is 0 Å². The van der Waals surface area contributed by atoms with Gasteiger partial charge in [-0.1, -0.05) is 13.8 Å². The third kappa shape index (κ3) is 2.37. The highest BCUT2D eigenvalue weighted by molar-refractivity contribution is 5.82. The molecule has 0 radical (unpaired) electrons. The molecule has 0 saturated carbocycles. The van der Waals surface area contributed by atoms with Gasteiger partial charge in [0.15, 0.2) is 0 Å². The van der Waals surface area contributed by atoms with E-state index in [0.29, 0.717) is 6.61 Å². The number of hydrogen-bond donors (Lipinski definition) is 1. The Morgan fingerprint density at radius 3 is 2.43 bits per heavy atom. The first-order chi connectivity index (χ1) is 6.23. The van der Waals surface area contributed by atoms with E-state index >= 15 is 0 Å². The maximum Gasteiger partial charge on any atom is 0.471 e. The van der Waals surface area contributed by atoms with E-state index in [1.54, 1.807) is 13.8 Å². The van der Waals surface area contributed by atoms with Gasteiger partial charge in [-0.05, 0) is 0 Å². The van der Waals surface area contributed by atoms with Crippen LogP contribution in [0.25, 0.3) is 0 Å². The van der Waals surface area contributed by atoms with Crippen LogP contribution in [0.5, 0.6) is 0 Å². The lowest BCUT2D eigenvalue weighted by Crippen LogP contribution is -2.49. The number of rotatable bonds is 1. The summed E-state index contributed by atoms with van der Waals surface area (Å²) in [6.45, 7) is 3.99. The van der Waals surface area contributed by atoms with Crippen LogP contribution >= 0.6 is 0 Å². The second kappa shape index (κ2) is 3.42. The molecule has 0 aliphatic carbocycles. The molecule has 1 N–H and O–H groups in total. The van der Waals surface area contributed by atoms with Crippen LogP contribution in [0.2, 0.25) is 0 Å². The number of carbonyl (C=O) groups is 1. The van der Waals surface area contributed by atoms with Gasteiger partial charge in [-0.25, -0.2) is 0 Å². The monoisotopic (exact) mass is 211 g/mol. The summed E-state index contributed by atoms with van der Waals surface area (Å²) >= 11 is 0. The van der Waals surface area contributed by atoms with Crippen LogP contribution in [0, 0.1) is 5.41 Å². The lowest BCUT2D eigenvalue weighted by molar-refractivity contribution is -0.174. The van der Waals surface area contributed by atoms with Gasteiger partial charge in [0, 0.05) is 5.41 Å². The van der Waals surface area contributed by atoms with Gasteiger partial charge in [-0.2, -0.15) is 13.2 Å². The lowest BCUT2D eigenvalue weighted by atomic mass is 9.88. The summed E-state index contributed by atoms with van der Waals surface area (Å²) in [5, 5.41) is 1.92. The minimum absolute atomic E-state index is 0.134. The molecule has 1 aliphatic rings. The van der Waals surface area contributed by atoms with Crippen LogP contribution in [0.3, 0.4) is 0 Å². The average Bonchev–Trinajstić information content (AvgIpc) is 2.29. The Hall–Kier alpha value is -0.780. The van der Waals surface area contributed by atoms with Crippen molar-refractivity contribution in [2.24, 2.45) is 5.41 Å². The normalized spacial score (nSPS) is 26.2. The fraction of sp³-hybridized carbons (Fsp3) is 0.875. The summed E-state index contributed by atoms with van der Waals surface area (Å²) in [5.41, 5.74) is -0.444. The molecule has 0 aromatic carbocycles. The number of amides is 1. The molecule has 0 bridgehead atoms. The van der Waals surface area contributed by atoms with Crippen LogP contribution in [0.4, 0.5) is 13.2 Å². The Bertz CT molecular complexity index is 237. The average molecular weight is 211 g/mol. The van der Waals surface area contributed by atoms with Gasteiger partial charge in [-0.3, -0.25) is 4.79 Å². The molecule has 1 aliphatic heterocycles. The number of ether oxygens (including phenoxy) is 1. The van der Waals surface area contributed by atoms with Crippen LogP contribution in [0.1, 0.15) is 13.8 Å². The van der Waals surface area contributed by atoms with Crippen molar-refractivity contribution in [3.05, 3.63) is 0 Å². The van der Waals surface area contributed by atoms with Crippen molar-refractivity contribution in [3.8, 4) is 0 Å². The highest BCUT2D eigenvalue weighted by Gasteiger charge is 2.44. The molecule has 14 heavy (non-hydrogen) atoms. The molecule has 1 heterocycles. The first-order valence-electron chi connectivity index (χ1n) is 4.19. The number of hydrogen-bond acceptors (Lipinski definition) is 2. The van der Waals surface area contributed by atoms with Gasteiger partial charge in [-0.15, -0.1) is 0 Å². The van der Waals surface area contributed by atoms with E-state index in [0.717, 1.165) is 0 Å². The molecule has 0 aromatic heterocycles. The predicted molar refractivity (Wildman–Crippen MR) is 42.6 cm³/mol. The molecule has 6 heteroatoms. The van der Waals surface area contributed by atoms with Crippen molar-refractivity contribution >= 4 is 5.91 Å². The first-order valence-corrected chi connectivity index (χ1v) is 4.19. The third-order valence-electron chi connectivity index (χ3n) is 2.26. The second-order valence-electron chi connectivity index (χ2n) is 4.03. The molecular formula is C8H12F3NO2. The minimum Gasteiger partial charge on any atom is -0.379 e. The zero-order valence-corrected chi connectivity index (χ0v) is 7.94. The highest BCUT2D eigenvalue weighted by Crippen LogP contribution is 2.28. The van der Waals surface area contributed by atoms with E-state index < -0.39 is 23.5 Å². The van der Waals surface area contributed by atoms with E-state index in [2.05, 4.69) is 0 Å². The number of alkyl halides is 3. The van der Waals surface area contributed by atoms with Gasteiger partial charge < -0.3 is 10.1 Å². The maximum atomic E-state index is 11.9. The van der Waals surface area contributed by atoms with Crippen molar-refractivity contribution < 1.29 is 22.7 Å². The van der Waals surface area contributed by atoms with Crippen molar-refractivity contribution in [1.29, 1.82) is 0 Å². The second-order valence-corrected chi connectivity index (χ2v) is 4.03. The zero-order chi connectivity index (χ0) is 11.0. The molecule has 1 unspecified atom stereocenters. The standard InChI is InChI=1S/C8H12F3NO2/c1-7(2)4-14-3-5(7)12-6(13)8(9,10)11/h5H,3-4H2,1-2H3,(H,12,13). The van der Waals surface area contributed by atoms with Gasteiger partial charge in [0.05, 0.1) is 19.3 Å². The molecule has 1 fully saturated rings.